The highest BCUT2D eigenvalue weighted by Crippen LogP contribution is 2.36. The number of amides is 2. The number of carbonyl (C=O) groups is 4. The number of nitrogens with zero attached hydrogens (tertiary/aromatic N) is 1. The summed E-state index contributed by atoms with van der Waals surface area (Å²) in [6.07, 6.45) is 5.19. The largest absolute Gasteiger partial charge is 0.478 e. The van der Waals surface area contributed by atoms with Crippen LogP contribution in [-0.2, 0) is 0 Å². The molecule has 0 aromatic heterocycles. The van der Waals surface area contributed by atoms with E-state index in [4.69, 9.17) is 0 Å². The molecule has 26 heavy (non-hydrogen) atoms. The van der Waals surface area contributed by atoms with Gasteiger partial charge in [-0.15, -0.1) is 0 Å². The van der Waals surface area contributed by atoms with Crippen LogP contribution in [0.2, 0.25) is 0 Å². The number of carboxylic acid groups (broad SMARTS) is 1. The molecule has 0 unspecified atom stereocenters. The molecule has 0 bridgehead atoms. The third-order valence-electron chi connectivity index (χ3n) is 5.39. The van der Waals surface area contributed by atoms with Crippen molar-refractivity contribution in [3.63, 3.8) is 0 Å². The lowest BCUT2D eigenvalue weighted by Crippen LogP contribution is -2.47. The molecule has 6 heteroatoms. The van der Waals surface area contributed by atoms with Gasteiger partial charge in [-0.25, -0.2) is 4.79 Å². The first-order valence-electron chi connectivity index (χ1n) is 8.70. The Morgan fingerprint density at radius 3 is 2.15 bits per heavy atom. The molecule has 0 radical (unpaired) electrons. The normalized spacial score (nSPS) is 17.6. The Hall–Kier alpha value is -3.02. The Bertz CT molecular complexity index is 950. The fourth-order valence-electron chi connectivity index (χ4n) is 4.18. The SMILES string of the molecule is O=Cc1ccc2c3c(ccc(C(=O)O)c13)C(=O)N(C1CCCCC1)C2=O. The maximum absolute atomic E-state index is 13.1. The van der Waals surface area contributed by atoms with Crippen LogP contribution in [0.25, 0.3) is 10.8 Å². The molecule has 132 valence electrons. The minimum atomic E-state index is -1.20. The molecule has 2 amide bonds. The molecule has 1 aliphatic carbocycles. The molecular weight excluding hydrogens is 334 g/mol. The summed E-state index contributed by atoms with van der Waals surface area (Å²) in [5.41, 5.74) is 0.650. The van der Waals surface area contributed by atoms with E-state index < -0.39 is 17.8 Å². The molecule has 2 aliphatic rings. The first-order valence-corrected chi connectivity index (χ1v) is 8.70. The fraction of sp³-hybridized carbons (Fsp3) is 0.300. The molecule has 0 spiro atoms. The van der Waals surface area contributed by atoms with Crippen molar-refractivity contribution in [2.75, 3.05) is 0 Å². The third kappa shape index (κ3) is 2.25. The van der Waals surface area contributed by atoms with E-state index in [-0.39, 0.29) is 39.1 Å². The lowest BCUT2D eigenvalue weighted by Gasteiger charge is -2.36. The Labute approximate surface area is 149 Å². The van der Waals surface area contributed by atoms with Crippen LogP contribution in [0.4, 0.5) is 0 Å². The summed E-state index contributed by atoms with van der Waals surface area (Å²) in [7, 11) is 0. The van der Waals surface area contributed by atoms with Crippen molar-refractivity contribution >= 4 is 34.8 Å². The average molecular weight is 351 g/mol. The summed E-state index contributed by atoms with van der Waals surface area (Å²) < 4.78 is 0. The van der Waals surface area contributed by atoms with Crippen LogP contribution >= 0.6 is 0 Å². The van der Waals surface area contributed by atoms with Crippen LogP contribution in [0.1, 0.15) is 73.5 Å². The van der Waals surface area contributed by atoms with E-state index >= 15 is 0 Å². The number of aldehydes is 1. The highest BCUT2D eigenvalue weighted by Gasteiger charge is 2.38. The van der Waals surface area contributed by atoms with Gasteiger partial charge in [-0.2, -0.15) is 0 Å². The number of benzene rings is 2. The number of hydrogen-bond acceptors (Lipinski definition) is 4. The maximum Gasteiger partial charge on any atom is 0.336 e. The van der Waals surface area contributed by atoms with Gasteiger partial charge in [0, 0.05) is 33.5 Å². The van der Waals surface area contributed by atoms with Gasteiger partial charge in [0.2, 0.25) is 0 Å². The first-order chi connectivity index (χ1) is 12.5. The van der Waals surface area contributed by atoms with E-state index in [1.165, 1.54) is 29.2 Å². The van der Waals surface area contributed by atoms with Crippen molar-refractivity contribution in [2.45, 2.75) is 38.1 Å². The Balaban J connectivity index is 1.98. The lowest BCUT2D eigenvalue weighted by molar-refractivity contribution is 0.0501. The van der Waals surface area contributed by atoms with E-state index in [0.29, 0.717) is 6.29 Å². The standard InChI is InChI=1S/C20H17NO5/c22-10-11-6-7-13-17-14(8-9-15(16(11)17)20(25)26)19(24)21(18(13)23)12-4-2-1-3-5-12/h6-10,12H,1-5H2,(H,25,26). The molecule has 0 saturated heterocycles. The Kier molecular flexibility index (Phi) is 3.83. The Morgan fingerprint density at radius 2 is 1.58 bits per heavy atom. The molecule has 1 heterocycles. The molecule has 0 atom stereocenters. The second-order valence-corrected chi connectivity index (χ2v) is 6.81. The van der Waals surface area contributed by atoms with Gasteiger partial charge in [-0.3, -0.25) is 19.3 Å². The summed E-state index contributed by atoms with van der Waals surface area (Å²) in [6, 6.07) is 5.63. The number of carbonyl (C=O) groups excluding carboxylic acids is 3. The van der Waals surface area contributed by atoms with Crippen molar-refractivity contribution < 1.29 is 24.3 Å². The molecule has 6 nitrogen and oxygen atoms in total. The maximum atomic E-state index is 13.1. The lowest BCUT2D eigenvalue weighted by atomic mass is 9.86. The van der Waals surface area contributed by atoms with Crippen molar-refractivity contribution in [1.29, 1.82) is 0 Å². The van der Waals surface area contributed by atoms with Crippen LogP contribution in [-0.4, -0.2) is 40.1 Å². The van der Waals surface area contributed by atoms with Crippen molar-refractivity contribution in [3.05, 3.63) is 46.5 Å². The second kappa shape index (κ2) is 6.05. The van der Waals surface area contributed by atoms with Gasteiger partial charge in [-0.1, -0.05) is 25.3 Å². The topological polar surface area (TPSA) is 91.8 Å². The minimum Gasteiger partial charge on any atom is -0.478 e. The van der Waals surface area contributed by atoms with E-state index in [1.54, 1.807) is 0 Å². The number of rotatable bonds is 3. The predicted octanol–water partition coefficient (Wildman–Crippen LogP) is 3.28. The summed E-state index contributed by atoms with van der Waals surface area (Å²) in [5.74, 6) is -2.01. The number of hydrogen-bond donors (Lipinski definition) is 1. The van der Waals surface area contributed by atoms with Gasteiger partial charge in [0.1, 0.15) is 0 Å². The predicted molar refractivity (Wildman–Crippen MR) is 93.7 cm³/mol. The van der Waals surface area contributed by atoms with Gasteiger partial charge in [0.15, 0.2) is 6.29 Å². The van der Waals surface area contributed by atoms with E-state index in [9.17, 15) is 24.3 Å². The second-order valence-electron chi connectivity index (χ2n) is 6.81. The highest BCUT2D eigenvalue weighted by atomic mass is 16.4. The van der Waals surface area contributed by atoms with Gasteiger partial charge >= 0.3 is 5.97 Å². The van der Waals surface area contributed by atoms with Gasteiger partial charge in [0.25, 0.3) is 11.8 Å². The highest BCUT2D eigenvalue weighted by molar-refractivity contribution is 6.29. The summed E-state index contributed by atoms with van der Waals surface area (Å²) in [4.78, 5) is 50.5. The smallest absolute Gasteiger partial charge is 0.336 e. The summed E-state index contributed by atoms with van der Waals surface area (Å²) in [6.45, 7) is 0. The van der Waals surface area contributed by atoms with Crippen molar-refractivity contribution in [3.8, 4) is 0 Å². The molecule has 1 N–H and O–H groups in total. The fourth-order valence-corrected chi connectivity index (χ4v) is 4.18. The average Bonchev–Trinajstić information content (AvgIpc) is 2.66. The van der Waals surface area contributed by atoms with E-state index in [0.717, 1.165) is 32.1 Å². The molecule has 1 saturated carbocycles. The van der Waals surface area contributed by atoms with Crippen LogP contribution in [0, 0.1) is 0 Å². The zero-order valence-electron chi connectivity index (χ0n) is 14.0. The zero-order valence-corrected chi connectivity index (χ0v) is 14.0. The van der Waals surface area contributed by atoms with Gasteiger partial charge in [0.05, 0.1) is 5.56 Å². The molecule has 2 aromatic rings. The number of aromatic carboxylic acids is 1. The van der Waals surface area contributed by atoms with Gasteiger partial charge in [-0.05, 0) is 31.0 Å². The molecular formula is C20H17NO5. The van der Waals surface area contributed by atoms with E-state index in [2.05, 4.69) is 0 Å². The zero-order chi connectivity index (χ0) is 18.4. The molecule has 4 rings (SSSR count). The number of carboxylic acids is 1. The molecule has 2 aromatic carbocycles. The van der Waals surface area contributed by atoms with Crippen molar-refractivity contribution in [1.82, 2.24) is 4.90 Å². The first kappa shape index (κ1) is 16.4. The van der Waals surface area contributed by atoms with Crippen LogP contribution in [0.3, 0.4) is 0 Å². The van der Waals surface area contributed by atoms with Crippen LogP contribution in [0.5, 0.6) is 0 Å². The van der Waals surface area contributed by atoms with Crippen LogP contribution in [0.15, 0.2) is 24.3 Å². The van der Waals surface area contributed by atoms with E-state index in [1.807, 2.05) is 0 Å². The summed E-state index contributed by atoms with van der Waals surface area (Å²) in [5, 5.41) is 9.90. The minimum absolute atomic E-state index is 0.0839. The quantitative estimate of drug-likeness (QED) is 0.677. The van der Waals surface area contributed by atoms with Gasteiger partial charge < -0.3 is 5.11 Å². The Morgan fingerprint density at radius 1 is 0.962 bits per heavy atom. The molecule has 1 aliphatic heterocycles. The van der Waals surface area contributed by atoms with Crippen LogP contribution < -0.4 is 0 Å². The molecule has 1 fully saturated rings. The monoisotopic (exact) mass is 351 g/mol. The number of imide groups is 1. The summed E-state index contributed by atoms with van der Waals surface area (Å²) >= 11 is 0. The third-order valence-corrected chi connectivity index (χ3v) is 5.39. The van der Waals surface area contributed by atoms with Crippen molar-refractivity contribution in [2.24, 2.45) is 0 Å².